The Hall–Kier alpha value is -1.10. The van der Waals surface area contributed by atoms with Crippen LogP contribution in [-0.2, 0) is 9.59 Å². The largest absolute Gasteiger partial charge is 0.355 e. The van der Waals surface area contributed by atoms with Crippen LogP contribution in [0.4, 0.5) is 0 Å². The maximum Gasteiger partial charge on any atom is 0.244 e. The van der Waals surface area contributed by atoms with Crippen molar-refractivity contribution >= 4 is 11.8 Å². The summed E-state index contributed by atoms with van der Waals surface area (Å²) in [5, 5.41) is 6.04. The molecule has 5 heteroatoms. The summed E-state index contributed by atoms with van der Waals surface area (Å²) >= 11 is 0. The Morgan fingerprint density at radius 1 is 1.24 bits per heavy atom. The topological polar surface area (TPSA) is 61.4 Å². The number of carbonyl (C=O) groups is 2. The van der Waals surface area contributed by atoms with Crippen molar-refractivity contribution in [1.82, 2.24) is 15.5 Å². The van der Waals surface area contributed by atoms with Crippen LogP contribution < -0.4 is 10.6 Å². The van der Waals surface area contributed by atoms with Crippen molar-refractivity contribution in [3.8, 4) is 0 Å². The number of hydrogen-bond donors (Lipinski definition) is 2. The molecule has 2 rings (SSSR count). The maximum absolute atomic E-state index is 12.5. The molecule has 0 bridgehead atoms. The second-order valence-corrected chi connectivity index (χ2v) is 6.24. The van der Waals surface area contributed by atoms with Crippen molar-refractivity contribution in [2.24, 2.45) is 5.92 Å². The molecule has 120 valence electrons. The van der Waals surface area contributed by atoms with E-state index in [1.54, 1.807) is 4.90 Å². The van der Waals surface area contributed by atoms with Crippen LogP contribution in [0.2, 0.25) is 0 Å². The molecule has 1 saturated carbocycles. The van der Waals surface area contributed by atoms with Crippen molar-refractivity contribution in [2.45, 2.75) is 57.9 Å². The molecule has 1 atom stereocenters. The number of hydrogen-bond acceptors (Lipinski definition) is 3. The van der Waals surface area contributed by atoms with E-state index in [1.165, 1.54) is 32.1 Å². The molecule has 1 aliphatic carbocycles. The van der Waals surface area contributed by atoms with Crippen LogP contribution >= 0.6 is 0 Å². The summed E-state index contributed by atoms with van der Waals surface area (Å²) in [4.78, 5) is 26.3. The summed E-state index contributed by atoms with van der Waals surface area (Å²) in [5.74, 6) is 0.836. The Morgan fingerprint density at radius 3 is 2.71 bits per heavy atom. The van der Waals surface area contributed by atoms with Crippen molar-refractivity contribution in [3.05, 3.63) is 0 Å². The lowest BCUT2D eigenvalue weighted by molar-refractivity contribution is -0.141. The van der Waals surface area contributed by atoms with Crippen LogP contribution in [0, 0.1) is 5.92 Å². The minimum absolute atomic E-state index is 0.0317. The Labute approximate surface area is 127 Å². The monoisotopic (exact) mass is 295 g/mol. The molecule has 2 N–H and O–H groups in total. The van der Waals surface area contributed by atoms with E-state index in [0.717, 1.165) is 13.0 Å². The first-order valence-electron chi connectivity index (χ1n) is 8.50. The summed E-state index contributed by atoms with van der Waals surface area (Å²) in [6, 6.07) is -0.336. The molecule has 21 heavy (non-hydrogen) atoms. The first kappa shape index (κ1) is 16.3. The van der Waals surface area contributed by atoms with Gasteiger partial charge in [-0.1, -0.05) is 32.1 Å². The van der Waals surface area contributed by atoms with Gasteiger partial charge in [0.2, 0.25) is 11.8 Å². The van der Waals surface area contributed by atoms with Gasteiger partial charge in [-0.05, 0) is 19.3 Å². The molecule has 2 amide bonds. The van der Waals surface area contributed by atoms with Gasteiger partial charge in [0.1, 0.15) is 6.04 Å². The zero-order chi connectivity index (χ0) is 15.1. The third-order valence-electron chi connectivity index (χ3n) is 4.71. The fourth-order valence-corrected chi connectivity index (χ4v) is 3.48. The SMILES string of the molecule is CCNC(=O)C1CNCCN1C(=O)CCC1CCCCC1. The van der Waals surface area contributed by atoms with Crippen molar-refractivity contribution in [2.75, 3.05) is 26.2 Å². The van der Waals surface area contributed by atoms with E-state index in [0.29, 0.717) is 32.0 Å². The fraction of sp³-hybridized carbons (Fsp3) is 0.875. The first-order valence-corrected chi connectivity index (χ1v) is 8.50. The molecule has 1 unspecified atom stereocenters. The lowest BCUT2D eigenvalue weighted by Gasteiger charge is -2.35. The molecular weight excluding hydrogens is 266 g/mol. The van der Waals surface area contributed by atoms with Gasteiger partial charge in [0.15, 0.2) is 0 Å². The molecular formula is C16H29N3O2. The number of amides is 2. The molecule has 1 saturated heterocycles. The Kier molecular flexibility index (Phi) is 6.49. The molecule has 0 aromatic rings. The van der Waals surface area contributed by atoms with Crippen LogP contribution in [0.25, 0.3) is 0 Å². The number of rotatable bonds is 5. The Bertz CT molecular complexity index is 353. The van der Waals surface area contributed by atoms with Gasteiger partial charge >= 0.3 is 0 Å². The van der Waals surface area contributed by atoms with Crippen molar-refractivity contribution in [1.29, 1.82) is 0 Å². The van der Waals surface area contributed by atoms with Gasteiger partial charge in [-0.3, -0.25) is 9.59 Å². The van der Waals surface area contributed by atoms with Gasteiger partial charge in [-0.2, -0.15) is 0 Å². The van der Waals surface area contributed by atoms with Gasteiger partial charge in [0.05, 0.1) is 0 Å². The van der Waals surface area contributed by atoms with Gasteiger partial charge in [0.25, 0.3) is 0 Å². The van der Waals surface area contributed by atoms with Crippen LogP contribution in [-0.4, -0.2) is 48.9 Å². The highest BCUT2D eigenvalue weighted by Gasteiger charge is 2.31. The molecule has 0 aromatic carbocycles. The van der Waals surface area contributed by atoms with Gasteiger partial charge in [-0.25, -0.2) is 0 Å². The van der Waals surface area contributed by atoms with E-state index in [4.69, 9.17) is 0 Å². The molecule has 0 radical (unpaired) electrons. The average molecular weight is 295 g/mol. The number of likely N-dealkylation sites (N-methyl/N-ethyl adjacent to an activating group) is 1. The molecule has 0 aromatic heterocycles. The standard InChI is InChI=1S/C16H29N3O2/c1-2-18-16(21)14-12-17-10-11-19(14)15(20)9-8-13-6-4-3-5-7-13/h13-14,17H,2-12H2,1H3,(H,18,21). The fourth-order valence-electron chi connectivity index (χ4n) is 3.48. The van der Waals surface area contributed by atoms with E-state index < -0.39 is 0 Å². The average Bonchev–Trinajstić information content (AvgIpc) is 2.54. The first-order chi connectivity index (χ1) is 10.2. The number of piperazine rings is 1. The molecule has 1 aliphatic heterocycles. The summed E-state index contributed by atoms with van der Waals surface area (Å²) in [7, 11) is 0. The summed E-state index contributed by atoms with van der Waals surface area (Å²) in [6.07, 6.45) is 8.11. The van der Waals surface area contributed by atoms with Crippen LogP contribution in [0.15, 0.2) is 0 Å². The van der Waals surface area contributed by atoms with Crippen LogP contribution in [0.3, 0.4) is 0 Å². The van der Waals surface area contributed by atoms with Gasteiger partial charge in [-0.15, -0.1) is 0 Å². The minimum atomic E-state index is -0.336. The van der Waals surface area contributed by atoms with Crippen LogP contribution in [0.5, 0.6) is 0 Å². The highest BCUT2D eigenvalue weighted by molar-refractivity contribution is 5.88. The predicted octanol–water partition coefficient (Wildman–Crippen LogP) is 1.28. The highest BCUT2D eigenvalue weighted by Crippen LogP contribution is 2.27. The van der Waals surface area contributed by atoms with Gasteiger partial charge in [0, 0.05) is 32.6 Å². The lowest BCUT2D eigenvalue weighted by Crippen LogP contribution is -2.59. The molecule has 1 heterocycles. The zero-order valence-electron chi connectivity index (χ0n) is 13.2. The predicted molar refractivity (Wildman–Crippen MR) is 82.9 cm³/mol. The number of nitrogens with zero attached hydrogens (tertiary/aromatic N) is 1. The van der Waals surface area contributed by atoms with Crippen molar-refractivity contribution < 1.29 is 9.59 Å². The summed E-state index contributed by atoms with van der Waals surface area (Å²) in [6.45, 7) is 4.51. The van der Waals surface area contributed by atoms with Crippen molar-refractivity contribution in [3.63, 3.8) is 0 Å². The Morgan fingerprint density at radius 2 is 2.00 bits per heavy atom. The minimum Gasteiger partial charge on any atom is -0.355 e. The quantitative estimate of drug-likeness (QED) is 0.803. The summed E-state index contributed by atoms with van der Waals surface area (Å²) in [5.41, 5.74) is 0. The second-order valence-electron chi connectivity index (χ2n) is 6.24. The third kappa shape index (κ3) is 4.70. The highest BCUT2D eigenvalue weighted by atomic mass is 16.2. The zero-order valence-corrected chi connectivity index (χ0v) is 13.2. The van der Waals surface area contributed by atoms with E-state index in [-0.39, 0.29) is 17.9 Å². The van der Waals surface area contributed by atoms with E-state index >= 15 is 0 Å². The number of carbonyl (C=O) groups excluding carboxylic acids is 2. The molecule has 0 spiro atoms. The van der Waals surface area contributed by atoms with Gasteiger partial charge < -0.3 is 15.5 Å². The van der Waals surface area contributed by atoms with E-state index in [2.05, 4.69) is 10.6 Å². The Balaban J connectivity index is 1.84. The van der Waals surface area contributed by atoms with E-state index in [1.807, 2.05) is 6.92 Å². The lowest BCUT2D eigenvalue weighted by atomic mass is 9.86. The second kappa shape index (κ2) is 8.37. The third-order valence-corrected chi connectivity index (χ3v) is 4.71. The maximum atomic E-state index is 12.5. The van der Waals surface area contributed by atoms with E-state index in [9.17, 15) is 9.59 Å². The summed E-state index contributed by atoms with van der Waals surface area (Å²) < 4.78 is 0. The molecule has 2 fully saturated rings. The normalized spacial score (nSPS) is 23.9. The van der Waals surface area contributed by atoms with Crippen LogP contribution in [0.1, 0.15) is 51.9 Å². The number of nitrogens with one attached hydrogen (secondary N) is 2. The molecule has 2 aliphatic rings. The molecule has 5 nitrogen and oxygen atoms in total. The smallest absolute Gasteiger partial charge is 0.244 e.